The number of aromatic amines is 1. The van der Waals surface area contributed by atoms with Gasteiger partial charge in [0.05, 0.1) is 23.6 Å². The van der Waals surface area contributed by atoms with E-state index in [0.29, 0.717) is 0 Å². The second-order valence-electron chi connectivity index (χ2n) is 6.60. The maximum absolute atomic E-state index is 12.3. The summed E-state index contributed by atoms with van der Waals surface area (Å²) in [7, 11) is 0. The fourth-order valence-corrected chi connectivity index (χ4v) is 2.59. The largest absolute Gasteiger partial charge is 0.347 e. The molecule has 0 radical (unpaired) electrons. The highest BCUT2D eigenvalue weighted by atomic mass is 16.2. The number of imidazole rings is 1. The number of rotatable bonds is 8. The second-order valence-corrected chi connectivity index (χ2v) is 6.60. The summed E-state index contributed by atoms with van der Waals surface area (Å²) in [4.78, 5) is 32.1. The van der Waals surface area contributed by atoms with Gasteiger partial charge in [-0.15, -0.1) is 0 Å². The van der Waals surface area contributed by atoms with Crippen molar-refractivity contribution in [2.45, 2.75) is 46.6 Å². The van der Waals surface area contributed by atoms with Crippen molar-refractivity contribution in [2.24, 2.45) is 11.8 Å². The van der Waals surface area contributed by atoms with E-state index in [1.165, 1.54) is 0 Å². The minimum atomic E-state index is -0.217. The molecule has 2 aromatic rings. The van der Waals surface area contributed by atoms with Gasteiger partial charge in [-0.1, -0.05) is 46.2 Å². The van der Waals surface area contributed by atoms with Gasteiger partial charge in [0, 0.05) is 5.92 Å². The zero-order valence-corrected chi connectivity index (χ0v) is 15.4. The molecule has 136 valence electrons. The van der Waals surface area contributed by atoms with Crippen molar-refractivity contribution in [3.05, 3.63) is 30.1 Å². The number of carbonyl (C=O) groups excluding carboxylic acids is 2. The van der Waals surface area contributed by atoms with Crippen molar-refractivity contribution in [1.29, 1.82) is 0 Å². The third-order valence-electron chi connectivity index (χ3n) is 4.71. The first-order chi connectivity index (χ1) is 12.0. The van der Waals surface area contributed by atoms with Gasteiger partial charge in [0.25, 0.3) is 0 Å². The van der Waals surface area contributed by atoms with Crippen LogP contribution in [0.25, 0.3) is 11.0 Å². The highest BCUT2D eigenvalue weighted by molar-refractivity contribution is 5.85. The molecule has 0 saturated heterocycles. The van der Waals surface area contributed by atoms with Crippen LogP contribution in [0.1, 0.15) is 52.4 Å². The Morgan fingerprint density at radius 1 is 1.16 bits per heavy atom. The van der Waals surface area contributed by atoms with E-state index in [1.807, 2.05) is 38.1 Å². The topological polar surface area (TPSA) is 86.9 Å². The Kier molecular flexibility index (Phi) is 6.56. The molecule has 0 unspecified atom stereocenters. The summed E-state index contributed by atoms with van der Waals surface area (Å²) in [6, 6.07) is 7.58. The maximum Gasteiger partial charge on any atom is 0.239 e. The SMILES string of the molecule is CC[C@H](C)C(=O)NCC(=O)N[C@H](c1nc2ccccc2[nH]1)[C@@H](C)CC. The van der Waals surface area contributed by atoms with Gasteiger partial charge in [-0.25, -0.2) is 4.98 Å². The zero-order chi connectivity index (χ0) is 18.4. The van der Waals surface area contributed by atoms with Gasteiger partial charge in [0.2, 0.25) is 11.8 Å². The van der Waals surface area contributed by atoms with Gasteiger partial charge in [-0.05, 0) is 24.5 Å². The van der Waals surface area contributed by atoms with E-state index in [1.54, 1.807) is 0 Å². The van der Waals surface area contributed by atoms with E-state index in [9.17, 15) is 9.59 Å². The van der Waals surface area contributed by atoms with Crippen LogP contribution in [0, 0.1) is 11.8 Å². The van der Waals surface area contributed by atoms with E-state index in [4.69, 9.17) is 0 Å². The summed E-state index contributed by atoms with van der Waals surface area (Å²) >= 11 is 0. The molecule has 0 aliphatic heterocycles. The van der Waals surface area contributed by atoms with E-state index in [-0.39, 0.29) is 36.2 Å². The van der Waals surface area contributed by atoms with Crippen LogP contribution in [0.5, 0.6) is 0 Å². The molecule has 0 aliphatic rings. The van der Waals surface area contributed by atoms with Crippen molar-refractivity contribution < 1.29 is 9.59 Å². The lowest BCUT2D eigenvalue weighted by molar-refractivity contribution is -0.128. The number of H-pyrrole nitrogens is 1. The lowest BCUT2D eigenvalue weighted by Crippen LogP contribution is -2.42. The highest BCUT2D eigenvalue weighted by Gasteiger charge is 2.24. The second kappa shape index (κ2) is 8.65. The Hall–Kier alpha value is -2.37. The number of nitrogens with one attached hydrogen (secondary N) is 3. The van der Waals surface area contributed by atoms with E-state index in [2.05, 4.69) is 34.4 Å². The summed E-state index contributed by atoms with van der Waals surface area (Å²) in [6.07, 6.45) is 1.66. The summed E-state index contributed by atoms with van der Waals surface area (Å²) < 4.78 is 0. The summed E-state index contributed by atoms with van der Waals surface area (Å²) in [5.41, 5.74) is 1.83. The predicted octanol–water partition coefficient (Wildman–Crippen LogP) is 2.93. The number of aromatic nitrogens is 2. The Balaban J connectivity index is 2.07. The fourth-order valence-electron chi connectivity index (χ4n) is 2.59. The van der Waals surface area contributed by atoms with E-state index in [0.717, 1.165) is 29.7 Å². The van der Waals surface area contributed by atoms with Crippen molar-refractivity contribution in [3.63, 3.8) is 0 Å². The van der Waals surface area contributed by atoms with Crippen molar-refractivity contribution in [1.82, 2.24) is 20.6 Å². The number of benzene rings is 1. The van der Waals surface area contributed by atoms with Crippen LogP contribution in [0.2, 0.25) is 0 Å². The Morgan fingerprint density at radius 3 is 2.52 bits per heavy atom. The summed E-state index contributed by atoms with van der Waals surface area (Å²) in [5.74, 6) is 0.573. The normalized spacial score (nSPS) is 14.7. The molecule has 1 aromatic carbocycles. The Labute approximate surface area is 148 Å². The van der Waals surface area contributed by atoms with Gasteiger partial charge in [-0.2, -0.15) is 0 Å². The van der Waals surface area contributed by atoms with Crippen LogP contribution in [0.4, 0.5) is 0 Å². The first-order valence-corrected chi connectivity index (χ1v) is 8.97. The molecule has 0 spiro atoms. The van der Waals surface area contributed by atoms with Crippen LogP contribution >= 0.6 is 0 Å². The van der Waals surface area contributed by atoms with Crippen molar-refractivity contribution in [3.8, 4) is 0 Å². The Morgan fingerprint density at radius 2 is 1.88 bits per heavy atom. The molecular formula is C19H28N4O2. The molecule has 1 aromatic heterocycles. The molecule has 2 rings (SSSR count). The summed E-state index contributed by atoms with van der Waals surface area (Å²) in [5, 5.41) is 5.70. The van der Waals surface area contributed by atoms with Crippen LogP contribution in [-0.2, 0) is 9.59 Å². The van der Waals surface area contributed by atoms with E-state index >= 15 is 0 Å². The fraction of sp³-hybridized carbons (Fsp3) is 0.526. The predicted molar refractivity (Wildman–Crippen MR) is 98.9 cm³/mol. The molecule has 0 fully saturated rings. The lowest BCUT2D eigenvalue weighted by atomic mass is 9.98. The molecular weight excluding hydrogens is 316 g/mol. The highest BCUT2D eigenvalue weighted by Crippen LogP contribution is 2.24. The van der Waals surface area contributed by atoms with Crippen LogP contribution < -0.4 is 10.6 Å². The lowest BCUT2D eigenvalue weighted by Gasteiger charge is -2.22. The third kappa shape index (κ3) is 4.81. The number of nitrogens with zero attached hydrogens (tertiary/aromatic N) is 1. The smallest absolute Gasteiger partial charge is 0.239 e. The molecule has 6 nitrogen and oxygen atoms in total. The minimum absolute atomic E-state index is 0.0175. The average Bonchev–Trinajstić information content (AvgIpc) is 3.06. The van der Waals surface area contributed by atoms with Crippen molar-refractivity contribution in [2.75, 3.05) is 6.54 Å². The van der Waals surface area contributed by atoms with Crippen molar-refractivity contribution >= 4 is 22.8 Å². The summed E-state index contributed by atoms with van der Waals surface area (Å²) in [6.45, 7) is 7.94. The molecule has 0 aliphatic carbocycles. The van der Waals surface area contributed by atoms with Crippen LogP contribution in [-0.4, -0.2) is 28.3 Å². The molecule has 3 N–H and O–H groups in total. The van der Waals surface area contributed by atoms with Gasteiger partial charge >= 0.3 is 0 Å². The number of fused-ring (bicyclic) bond motifs is 1. The van der Waals surface area contributed by atoms with Gasteiger partial charge in [-0.3, -0.25) is 9.59 Å². The standard InChI is InChI=1S/C19H28N4O2/c1-5-12(3)17(18-21-14-9-7-8-10-15(14)22-18)23-16(24)11-20-19(25)13(4)6-2/h7-10,12-13,17H,5-6,11H2,1-4H3,(H,20,25)(H,21,22)(H,23,24)/t12-,13-,17-/m0/s1. The number of amides is 2. The molecule has 6 heteroatoms. The van der Waals surface area contributed by atoms with Crippen LogP contribution in [0.15, 0.2) is 24.3 Å². The number of para-hydroxylation sites is 2. The molecule has 2 amide bonds. The zero-order valence-electron chi connectivity index (χ0n) is 15.4. The average molecular weight is 344 g/mol. The first kappa shape index (κ1) is 19.0. The first-order valence-electron chi connectivity index (χ1n) is 8.97. The maximum atomic E-state index is 12.3. The molecule has 0 bridgehead atoms. The molecule has 1 heterocycles. The van der Waals surface area contributed by atoms with E-state index < -0.39 is 0 Å². The third-order valence-corrected chi connectivity index (χ3v) is 4.71. The van der Waals surface area contributed by atoms with Gasteiger partial charge in [0.15, 0.2) is 0 Å². The quantitative estimate of drug-likeness (QED) is 0.688. The van der Waals surface area contributed by atoms with Crippen LogP contribution in [0.3, 0.4) is 0 Å². The molecule has 0 saturated carbocycles. The number of hydrogen-bond donors (Lipinski definition) is 3. The number of hydrogen-bond acceptors (Lipinski definition) is 3. The van der Waals surface area contributed by atoms with Gasteiger partial charge < -0.3 is 15.6 Å². The molecule has 3 atom stereocenters. The molecule has 25 heavy (non-hydrogen) atoms. The monoisotopic (exact) mass is 344 g/mol. The number of carbonyl (C=O) groups is 2. The Bertz CT molecular complexity index is 692. The minimum Gasteiger partial charge on any atom is -0.347 e. The van der Waals surface area contributed by atoms with Gasteiger partial charge in [0.1, 0.15) is 5.82 Å².